The third-order valence-electron chi connectivity index (χ3n) is 3.46. The second-order valence-corrected chi connectivity index (χ2v) is 4.57. The summed E-state index contributed by atoms with van der Waals surface area (Å²) in [6.07, 6.45) is 7.56. The van der Waals surface area contributed by atoms with Crippen molar-refractivity contribution in [3.05, 3.63) is 0 Å². The largest absolute Gasteiger partial charge is 0.395 e. The lowest BCUT2D eigenvalue weighted by Gasteiger charge is -2.30. The molecule has 1 aliphatic rings. The molecule has 0 aromatic rings. The Hall–Kier alpha value is -0.120. The predicted molar refractivity (Wildman–Crippen MR) is 58.8 cm³/mol. The van der Waals surface area contributed by atoms with E-state index in [2.05, 4.69) is 0 Å². The summed E-state index contributed by atoms with van der Waals surface area (Å²) in [4.78, 5) is 0. The number of nitrogens with two attached hydrogens (primary N) is 2. The lowest BCUT2D eigenvalue weighted by atomic mass is 9.77. The number of hydrogen-bond acceptors (Lipinski definition) is 3. The van der Waals surface area contributed by atoms with Crippen LogP contribution in [0.25, 0.3) is 0 Å². The molecule has 0 aromatic heterocycles. The molecule has 0 saturated heterocycles. The Kier molecular flexibility index (Phi) is 5.45. The van der Waals surface area contributed by atoms with Crippen LogP contribution in [0.2, 0.25) is 0 Å². The topological polar surface area (TPSA) is 72.3 Å². The van der Waals surface area contributed by atoms with Gasteiger partial charge < -0.3 is 16.6 Å². The lowest BCUT2D eigenvalue weighted by molar-refractivity contribution is 0.196. The molecular formula is C11H24N2O. The highest BCUT2D eigenvalue weighted by atomic mass is 16.3. The summed E-state index contributed by atoms with van der Waals surface area (Å²) in [5.74, 6) is 1.28. The van der Waals surface area contributed by atoms with Gasteiger partial charge in [0.1, 0.15) is 0 Å². The van der Waals surface area contributed by atoms with Crippen LogP contribution < -0.4 is 11.5 Å². The molecule has 1 unspecified atom stereocenters. The summed E-state index contributed by atoms with van der Waals surface area (Å²) >= 11 is 0. The van der Waals surface area contributed by atoms with Crippen LogP contribution in [-0.4, -0.2) is 24.3 Å². The molecule has 2 atom stereocenters. The van der Waals surface area contributed by atoms with Crippen LogP contribution in [0.15, 0.2) is 0 Å². The smallest absolute Gasteiger partial charge is 0.0582 e. The van der Waals surface area contributed by atoms with Crippen LogP contribution in [0.3, 0.4) is 0 Å². The molecule has 5 N–H and O–H groups in total. The van der Waals surface area contributed by atoms with Gasteiger partial charge in [-0.05, 0) is 24.8 Å². The van der Waals surface area contributed by atoms with Crippen molar-refractivity contribution in [2.45, 2.75) is 44.6 Å². The van der Waals surface area contributed by atoms with Crippen LogP contribution in [0, 0.1) is 11.8 Å². The van der Waals surface area contributed by atoms with Gasteiger partial charge in [-0.25, -0.2) is 0 Å². The van der Waals surface area contributed by atoms with Crippen molar-refractivity contribution in [1.82, 2.24) is 0 Å². The summed E-state index contributed by atoms with van der Waals surface area (Å²) in [6, 6.07) is -0.0783. The predicted octanol–water partition coefficient (Wildman–Crippen LogP) is 0.851. The van der Waals surface area contributed by atoms with Gasteiger partial charge in [0.05, 0.1) is 6.61 Å². The third-order valence-corrected chi connectivity index (χ3v) is 3.46. The van der Waals surface area contributed by atoms with E-state index in [9.17, 15) is 0 Å². The van der Waals surface area contributed by atoms with Crippen molar-refractivity contribution in [2.75, 3.05) is 13.2 Å². The number of rotatable bonds is 5. The Morgan fingerprint density at radius 1 is 1.21 bits per heavy atom. The summed E-state index contributed by atoms with van der Waals surface area (Å²) < 4.78 is 0. The fraction of sp³-hybridized carbons (Fsp3) is 1.00. The highest BCUT2D eigenvalue weighted by Gasteiger charge is 2.23. The van der Waals surface area contributed by atoms with Crippen molar-refractivity contribution in [2.24, 2.45) is 23.3 Å². The standard InChI is InChI=1S/C11H24N2O/c12-7-10(6-11(13)8-14)9-4-2-1-3-5-9/h9-11,14H,1-8,12-13H2/t10?,11-/m0/s1. The zero-order chi connectivity index (χ0) is 10.4. The van der Waals surface area contributed by atoms with Gasteiger partial charge in [0.25, 0.3) is 0 Å². The molecule has 0 bridgehead atoms. The molecule has 1 saturated carbocycles. The monoisotopic (exact) mass is 200 g/mol. The molecule has 1 fully saturated rings. The van der Waals surface area contributed by atoms with Gasteiger partial charge in [0.2, 0.25) is 0 Å². The molecule has 14 heavy (non-hydrogen) atoms. The number of hydrogen-bond donors (Lipinski definition) is 3. The summed E-state index contributed by atoms with van der Waals surface area (Å²) in [6.45, 7) is 0.807. The Bertz CT molecular complexity index is 146. The highest BCUT2D eigenvalue weighted by molar-refractivity contribution is 4.78. The van der Waals surface area contributed by atoms with Gasteiger partial charge in [-0.2, -0.15) is 0 Å². The van der Waals surface area contributed by atoms with Gasteiger partial charge in [0, 0.05) is 6.04 Å². The second kappa shape index (κ2) is 6.38. The number of aliphatic hydroxyl groups excluding tert-OH is 1. The first-order valence-corrected chi connectivity index (χ1v) is 5.84. The van der Waals surface area contributed by atoms with Gasteiger partial charge in [-0.15, -0.1) is 0 Å². The SMILES string of the molecule is NCC(C[C@H](N)CO)C1CCCCC1. The quantitative estimate of drug-likeness (QED) is 0.616. The zero-order valence-corrected chi connectivity index (χ0v) is 8.99. The Labute approximate surface area is 86.9 Å². The van der Waals surface area contributed by atoms with E-state index >= 15 is 0 Å². The average Bonchev–Trinajstić information content (AvgIpc) is 2.26. The van der Waals surface area contributed by atoms with Crippen molar-refractivity contribution in [3.63, 3.8) is 0 Å². The number of aliphatic hydroxyl groups is 1. The molecule has 3 nitrogen and oxygen atoms in total. The maximum Gasteiger partial charge on any atom is 0.0582 e. The first kappa shape index (κ1) is 12.0. The Morgan fingerprint density at radius 2 is 1.86 bits per heavy atom. The van der Waals surface area contributed by atoms with Crippen LogP contribution in [0.4, 0.5) is 0 Å². The van der Waals surface area contributed by atoms with Crippen LogP contribution in [0.1, 0.15) is 38.5 Å². The lowest BCUT2D eigenvalue weighted by Crippen LogP contribution is -2.34. The van der Waals surface area contributed by atoms with Crippen LogP contribution >= 0.6 is 0 Å². The molecule has 0 aromatic carbocycles. The third kappa shape index (κ3) is 3.56. The van der Waals surface area contributed by atoms with Crippen molar-refractivity contribution in [3.8, 4) is 0 Å². The molecule has 0 spiro atoms. The summed E-state index contributed by atoms with van der Waals surface area (Å²) in [5, 5.41) is 8.91. The van der Waals surface area contributed by atoms with Gasteiger partial charge in [-0.1, -0.05) is 32.1 Å². The minimum Gasteiger partial charge on any atom is -0.395 e. The van der Waals surface area contributed by atoms with E-state index in [0.717, 1.165) is 18.9 Å². The first-order valence-electron chi connectivity index (χ1n) is 5.84. The van der Waals surface area contributed by atoms with E-state index in [4.69, 9.17) is 16.6 Å². The maximum absolute atomic E-state index is 8.91. The van der Waals surface area contributed by atoms with Gasteiger partial charge in [0.15, 0.2) is 0 Å². The van der Waals surface area contributed by atoms with Crippen molar-refractivity contribution < 1.29 is 5.11 Å². The molecule has 1 aliphatic carbocycles. The normalized spacial score (nSPS) is 23.4. The minimum absolute atomic E-state index is 0.0783. The summed E-state index contributed by atoms with van der Waals surface area (Å²) in [5.41, 5.74) is 11.5. The van der Waals surface area contributed by atoms with E-state index in [1.807, 2.05) is 0 Å². The van der Waals surface area contributed by atoms with E-state index in [0.29, 0.717) is 5.92 Å². The Balaban J connectivity index is 2.35. The fourth-order valence-electron chi connectivity index (χ4n) is 2.55. The zero-order valence-electron chi connectivity index (χ0n) is 8.99. The molecule has 0 aliphatic heterocycles. The maximum atomic E-state index is 8.91. The minimum atomic E-state index is -0.0783. The fourth-order valence-corrected chi connectivity index (χ4v) is 2.55. The first-order chi connectivity index (χ1) is 6.77. The molecule has 84 valence electrons. The molecule has 3 heteroatoms. The van der Waals surface area contributed by atoms with Crippen LogP contribution in [0.5, 0.6) is 0 Å². The van der Waals surface area contributed by atoms with E-state index < -0.39 is 0 Å². The molecule has 0 heterocycles. The average molecular weight is 200 g/mol. The van der Waals surface area contributed by atoms with Gasteiger partial charge in [-0.3, -0.25) is 0 Å². The van der Waals surface area contributed by atoms with Gasteiger partial charge >= 0.3 is 0 Å². The molecular weight excluding hydrogens is 176 g/mol. The Morgan fingerprint density at radius 3 is 2.36 bits per heavy atom. The van der Waals surface area contributed by atoms with Crippen molar-refractivity contribution in [1.29, 1.82) is 0 Å². The second-order valence-electron chi connectivity index (χ2n) is 4.57. The molecule has 0 radical (unpaired) electrons. The van der Waals surface area contributed by atoms with Crippen molar-refractivity contribution >= 4 is 0 Å². The molecule has 0 amide bonds. The highest BCUT2D eigenvalue weighted by Crippen LogP contribution is 2.31. The van der Waals surface area contributed by atoms with E-state index in [1.165, 1.54) is 32.1 Å². The van der Waals surface area contributed by atoms with E-state index in [1.54, 1.807) is 0 Å². The van der Waals surface area contributed by atoms with Crippen LogP contribution in [-0.2, 0) is 0 Å². The summed E-state index contributed by atoms with van der Waals surface area (Å²) in [7, 11) is 0. The molecule has 1 rings (SSSR count). The van der Waals surface area contributed by atoms with E-state index in [-0.39, 0.29) is 12.6 Å².